The Morgan fingerprint density at radius 1 is 0.615 bits per heavy atom. The Morgan fingerprint density at radius 3 is 1.81 bits per heavy atom. The summed E-state index contributed by atoms with van der Waals surface area (Å²) in [7, 11) is 2.10. The smallest absolute Gasteiger partial charge is 0.0408 e. The first-order valence-corrected chi connectivity index (χ1v) is 9.18. The van der Waals surface area contributed by atoms with Crippen molar-refractivity contribution in [1.82, 2.24) is 0 Å². The summed E-state index contributed by atoms with van der Waals surface area (Å²) < 4.78 is 0. The molecule has 1 aliphatic rings. The predicted octanol–water partition coefficient (Wildman–Crippen LogP) is 6.85. The zero-order chi connectivity index (χ0) is 17.8. The minimum atomic E-state index is 1.14. The molecule has 3 aromatic rings. The summed E-state index contributed by atoms with van der Waals surface area (Å²) in [6.07, 6.45) is 9.11. The van der Waals surface area contributed by atoms with Crippen molar-refractivity contribution in [3.05, 3.63) is 103 Å². The van der Waals surface area contributed by atoms with E-state index >= 15 is 0 Å². The molecule has 0 saturated carbocycles. The summed E-state index contributed by atoms with van der Waals surface area (Å²) in [5, 5.41) is 0. The van der Waals surface area contributed by atoms with E-state index < -0.39 is 0 Å². The normalized spacial score (nSPS) is 13.3. The van der Waals surface area contributed by atoms with E-state index in [4.69, 9.17) is 0 Å². The first kappa shape index (κ1) is 16.4. The fourth-order valence-electron chi connectivity index (χ4n) is 3.36. The molecular formula is C25H23N. The van der Waals surface area contributed by atoms with Crippen LogP contribution in [-0.2, 0) is 0 Å². The average molecular weight is 337 g/mol. The van der Waals surface area contributed by atoms with Gasteiger partial charge in [-0.2, -0.15) is 0 Å². The van der Waals surface area contributed by atoms with Crippen molar-refractivity contribution in [1.29, 1.82) is 0 Å². The van der Waals surface area contributed by atoms with E-state index in [0.717, 1.165) is 12.8 Å². The molecule has 0 amide bonds. The molecule has 3 aromatic carbocycles. The van der Waals surface area contributed by atoms with Crippen molar-refractivity contribution in [3.8, 4) is 11.1 Å². The lowest BCUT2D eigenvalue weighted by Gasteiger charge is -2.19. The van der Waals surface area contributed by atoms with Crippen LogP contribution in [0.4, 0.5) is 11.4 Å². The number of benzene rings is 3. The van der Waals surface area contributed by atoms with Crippen molar-refractivity contribution in [3.63, 3.8) is 0 Å². The summed E-state index contributed by atoms with van der Waals surface area (Å²) in [4.78, 5) is 2.20. The molecule has 4 rings (SSSR count). The van der Waals surface area contributed by atoms with E-state index in [9.17, 15) is 0 Å². The van der Waals surface area contributed by atoms with Crippen LogP contribution in [0.15, 0.2) is 97.1 Å². The number of hydrogen-bond acceptors (Lipinski definition) is 1. The molecule has 0 N–H and O–H groups in total. The van der Waals surface area contributed by atoms with Crippen LogP contribution in [0, 0.1) is 0 Å². The molecular weight excluding hydrogens is 314 g/mol. The number of allylic oxidation sites excluding steroid dienone is 4. The van der Waals surface area contributed by atoms with E-state index in [2.05, 4.69) is 103 Å². The highest BCUT2D eigenvalue weighted by molar-refractivity contribution is 5.77. The third-order valence-corrected chi connectivity index (χ3v) is 4.94. The Hall–Kier alpha value is -3.06. The van der Waals surface area contributed by atoms with Gasteiger partial charge in [0.1, 0.15) is 0 Å². The molecule has 1 heteroatoms. The van der Waals surface area contributed by atoms with Crippen molar-refractivity contribution in [2.45, 2.75) is 12.8 Å². The van der Waals surface area contributed by atoms with E-state index in [0.29, 0.717) is 0 Å². The third kappa shape index (κ3) is 3.48. The quantitative estimate of drug-likeness (QED) is 0.503. The topological polar surface area (TPSA) is 3.24 Å². The van der Waals surface area contributed by atoms with Gasteiger partial charge in [-0.3, -0.25) is 0 Å². The monoisotopic (exact) mass is 337 g/mol. The van der Waals surface area contributed by atoms with E-state index in [1.54, 1.807) is 0 Å². The van der Waals surface area contributed by atoms with Crippen molar-refractivity contribution < 1.29 is 0 Å². The first-order chi connectivity index (χ1) is 12.8. The Morgan fingerprint density at radius 2 is 1.19 bits per heavy atom. The lowest BCUT2D eigenvalue weighted by atomic mass is 9.97. The lowest BCUT2D eigenvalue weighted by molar-refractivity contribution is 1.04. The van der Waals surface area contributed by atoms with Crippen LogP contribution in [0.3, 0.4) is 0 Å². The molecule has 26 heavy (non-hydrogen) atoms. The summed E-state index contributed by atoms with van der Waals surface area (Å²) in [5.74, 6) is 0. The van der Waals surface area contributed by atoms with Crippen LogP contribution in [0.2, 0.25) is 0 Å². The highest BCUT2D eigenvalue weighted by atomic mass is 15.1. The molecule has 0 aromatic heterocycles. The molecule has 1 nitrogen and oxygen atoms in total. The summed E-state index contributed by atoms with van der Waals surface area (Å²) in [6, 6.07) is 28.1. The minimum Gasteiger partial charge on any atom is -0.345 e. The molecule has 0 saturated heterocycles. The maximum atomic E-state index is 2.32. The summed E-state index contributed by atoms with van der Waals surface area (Å²) in [5.41, 5.74) is 7.51. The van der Waals surface area contributed by atoms with Crippen LogP contribution < -0.4 is 4.90 Å². The number of nitrogens with zero attached hydrogens (tertiary/aromatic N) is 1. The maximum absolute atomic E-state index is 2.32. The zero-order valence-electron chi connectivity index (χ0n) is 15.1. The second kappa shape index (κ2) is 7.45. The molecule has 0 spiro atoms. The van der Waals surface area contributed by atoms with Gasteiger partial charge in [-0.15, -0.1) is 0 Å². The number of hydrogen-bond donors (Lipinski definition) is 0. The van der Waals surface area contributed by atoms with E-state index in [-0.39, 0.29) is 0 Å². The lowest BCUT2D eigenvalue weighted by Crippen LogP contribution is -2.08. The van der Waals surface area contributed by atoms with Gasteiger partial charge in [-0.25, -0.2) is 0 Å². The standard InChI is InChI=1S/C25H23N/c1-26(24-10-6-3-7-11-24)25-18-16-23(17-19-25)22-14-12-21(13-15-22)20-8-4-2-5-9-20/h3-4,6-19H,2,5H2,1H3. The van der Waals surface area contributed by atoms with Crippen LogP contribution in [-0.4, -0.2) is 7.05 Å². The Bertz CT molecular complexity index is 916. The molecule has 1 aliphatic carbocycles. The van der Waals surface area contributed by atoms with Crippen LogP contribution in [0.1, 0.15) is 18.4 Å². The average Bonchev–Trinajstić information content (AvgIpc) is 2.75. The summed E-state index contributed by atoms with van der Waals surface area (Å²) in [6.45, 7) is 0. The van der Waals surface area contributed by atoms with Gasteiger partial charge >= 0.3 is 0 Å². The Labute approximate surface area is 155 Å². The van der Waals surface area contributed by atoms with Gasteiger partial charge in [-0.05, 0) is 59.4 Å². The highest BCUT2D eigenvalue weighted by Crippen LogP contribution is 2.28. The molecule has 0 bridgehead atoms. The predicted molar refractivity (Wildman–Crippen MR) is 113 cm³/mol. The molecule has 128 valence electrons. The molecule has 0 fully saturated rings. The number of rotatable bonds is 4. The number of anilines is 2. The molecule has 0 aliphatic heterocycles. The Balaban J connectivity index is 1.53. The fourth-order valence-corrected chi connectivity index (χ4v) is 3.36. The maximum Gasteiger partial charge on any atom is 0.0408 e. The third-order valence-electron chi connectivity index (χ3n) is 4.94. The van der Waals surface area contributed by atoms with Crippen LogP contribution in [0.25, 0.3) is 16.7 Å². The van der Waals surface area contributed by atoms with Crippen molar-refractivity contribution in [2.75, 3.05) is 11.9 Å². The van der Waals surface area contributed by atoms with Crippen LogP contribution >= 0.6 is 0 Å². The second-order valence-electron chi connectivity index (χ2n) is 6.66. The molecule has 0 atom stereocenters. The highest BCUT2D eigenvalue weighted by Gasteiger charge is 2.05. The van der Waals surface area contributed by atoms with Crippen LogP contribution in [0.5, 0.6) is 0 Å². The van der Waals surface area contributed by atoms with Gasteiger partial charge in [0.05, 0.1) is 0 Å². The first-order valence-electron chi connectivity index (χ1n) is 9.18. The van der Waals surface area contributed by atoms with E-state index in [1.807, 2.05) is 6.07 Å². The minimum absolute atomic E-state index is 1.14. The second-order valence-corrected chi connectivity index (χ2v) is 6.66. The van der Waals surface area contributed by atoms with Gasteiger partial charge in [-0.1, -0.05) is 72.8 Å². The van der Waals surface area contributed by atoms with Gasteiger partial charge in [0, 0.05) is 18.4 Å². The van der Waals surface area contributed by atoms with Gasteiger partial charge in [0.2, 0.25) is 0 Å². The van der Waals surface area contributed by atoms with Gasteiger partial charge in [0.15, 0.2) is 0 Å². The van der Waals surface area contributed by atoms with E-state index in [1.165, 1.54) is 33.6 Å². The number of para-hydroxylation sites is 1. The molecule has 0 heterocycles. The Kier molecular flexibility index (Phi) is 4.70. The zero-order valence-corrected chi connectivity index (χ0v) is 15.1. The van der Waals surface area contributed by atoms with Gasteiger partial charge in [0.25, 0.3) is 0 Å². The molecule has 0 radical (unpaired) electrons. The van der Waals surface area contributed by atoms with Gasteiger partial charge < -0.3 is 4.90 Å². The van der Waals surface area contributed by atoms with Crippen molar-refractivity contribution >= 4 is 16.9 Å². The SMILES string of the molecule is CN(c1ccccc1)c1ccc(-c2ccc(C3=CCCC=C3)cc2)cc1. The largest absolute Gasteiger partial charge is 0.345 e. The molecule has 0 unspecified atom stereocenters. The van der Waals surface area contributed by atoms with Crippen molar-refractivity contribution in [2.24, 2.45) is 0 Å². The summed E-state index contributed by atoms with van der Waals surface area (Å²) >= 11 is 0. The fraction of sp³-hybridized carbons (Fsp3) is 0.120.